The molecule has 0 radical (unpaired) electrons. The molecule has 0 saturated carbocycles. The summed E-state index contributed by atoms with van der Waals surface area (Å²) in [5.41, 5.74) is 2.64. The van der Waals surface area contributed by atoms with Crippen LogP contribution in [0.15, 0.2) is 36.7 Å². The number of benzene rings is 1. The number of aromatic nitrogens is 2. The normalized spacial score (nSPS) is 23.1. The summed E-state index contributed by atoms with van der Waals surface area (Å²) in [7, 11) is 0. The minimum atomic E-state index is -0.215. The van der Waals surface area contributed by atoms with Crippen LogP contribution in [0.25, 0.3) is 0 Å². The first-order chi connectivity index (χ1) is 12.7. The number of hydrogen-bond acceptors (Lipinski definition) is 6. The minimum absolute atomic E-state index is 0.215. The first kappa shape index (κ1) is 16.8. The van der Waals surface area contributed by atoms with E-state index >= 15 is 0 Å². The molecular weight excluding hydrogens is 326 g/mol. The number of aryl methyl sites for hydroxylation is 1. The number of piperidine rings is 1. The largest absolute Gasteiger partial charge is 0.369 e. The molecule has 0 N–H and O–H groups in total. The highest BCUT2D eigenvalue weighted by atomic mass is 16.5. The zero-order valence-electron chi connectivity index (χ0n) is 15.1. The molecule has 6 nitrogen and oxygen atoms in total. The Morgan fingerprint density at radius 2 is 1.96 bits per heavy atom. The lowest BCUT2D eigenvalue weighted by Gasteiger charge is -2.48. The zero-order chi connectivity index (χ0) is 18.0. The standard InChI is InChI=1S/C20H23N5O/c1-16-12-22-19(23-13-16)25-8-9-26-20(15-25)6-3-7-24(14-20)18-5-2-4-17(10-18)11-21/h2,4-5,10,12-13H,3,6-9,14-15H2,1H3/t20-/m0/s1. The molecule has 2 aromatic rings. The highest BCUT2D eigenvalue weighted by Gasteiger charge is 2.41. The highest BCUT2D eigenvalue weighted by molar-refractivity contribution is 5.52. The van der Waals surface area contributed by atoms with E-state index in [1.807, 2.05) is 37.5 Å². The third-order valence-electron chi connectivity index (χ3n) is 5.18. The molecule has 1 atom stereocenters. The van der Waals surface area contributed by atoms with Crippen LogP contribution in [-0.2, 0) is 4.74 Å². The van der Waals surface area contributed by atoms with Crippen molar-refractivity contribution in [1.82, 2.24) is 9.97 Å². The maximum Gasteiger partial charge on any atom is 0.225 e. The van der Waals surface area contributed by atoms with Crippen molar-refractivity contribution < 1.29 is 4.74 Å². The van der Waals surface area contributed by atoms with Crippen LogP contribution in [0.3, 0.4) is 0 Å². The Morgan fingerprint density at radius 3 is 2.77 bits per heavy atom. The first-order valence-electron chi connectivity index (χ1n) is 9.10. The number of anilines is 2. The Morgan fingerprint density at radius 1 is 1.15 bits per heavy atom. The molecule has 1 aromatic carbocycles. The summed E-state index contributed by atoms with van der Waals surface area (Å²) >= 11 is 0. The van der Waals surface area contributed by atoms with Crippen molar-refractivity contribution >= 4 is 11.6 Å². The Hall–Kier alpha value is -2.65. The van der Waals surface area contributed by atoms with Crippen molar-refractivity contribution in [2.45, 2.75) is 25.4 Å². The third-order valence-corrected chi connectivity index (χ3v) is 5.18. The average molecular weight is 349 g/mol. The van der Waals surface area contributed by atoms with Gasteiger partial charge in [-0.3, -0.25) is 0 Å². The zero-order valence-corrected chi connectivity index (χ0v) is 15.1. The Balaban J connectivity index is 1.53. The van der Waals surface area contributed by atoms with Gasteiger partial charge in [-0.25, -0.2) is 9.97 Å². The van der Waals surface area contributed by atoms with E-state index in [-0.39, 0.29) is 5.60 Å². The Bertz CT molecular complexity index is 812. The molecule has 2 saturated heterocycles. The molecule has 0 unspecified atom stereocenters. The second-order valence-electron chi connectivity index (χ2n) is 7.20. The molecule has 1 spiro atoms. The number of morpholine rings is 1. The van der Waals surface area contributed by atoms with E-state index in [2.05, 4.69) is 31.9 Å². The SMILES string of the molecule is Cc1cnc(N2CCO[C@]3(CCCN(c4cccc(C#N)c4)C3)C2)nc1. The number of hydrogen-bond donors (Lipinski definition) is 0. The van der Waals surface area contributed by atoms with Gasteiger partial charge in [0.25, 0.3) is 0 Å². The van der Waals surface area contributed by atoms with Crippen LogP contribution in [-0.4, -0.2) is 48.4 Å². The molecule has 3 heterocycles. The smallest absolute Gasteiger partial charge is 0.225 e. The van der Waals surface area contributed by atoms with Gasteiger partial charge in [-0.15, -0.1) is 0 Å². The minimum Gasteiger partial charge on any atom is -0.369 e. The predicted octanol–water partition coefficient (Wildman–Crippen LogP) is 2.53. The summed E-state index contributed by atoms with van der Waals surface area (Å²) in [6, 6.07) is 10.1. The predicted molar refractivity (Wildman–Crippen MR) is 100 cm³/mol. The second kappa shape index (κ2) is 6.93. The first-order valence-corrected chi connectivity index (χ1v) is 9.10. The fourth-order valence-corrected chi connectivity index (χ4v) is 3.90. The number of nitrogens with zero attached hydrogens (tertiary/aromatic N) is 5. The lowest BCUT2D eigenvalue weighted by Crippen LogP contribution is -2.60. The van der Waals surface area contributed by atoms with Gasteiger partial charge in [-0.1, -0.05) is 6.07 Å². The van der Waals surface area contributed by atoms with E-state index in [9.17, 15) is 0 Å². The fourth-order valence-electron chi connectivity index (χ4n) is 3.90. The number of ether oxygens (including phenoxy) is 1. The van der Waals surface area contributed by atoms with E-state index in [0.29, 0.717) is 12.2 Å². The van der Waals surface area contributed by atoms with E-state index < -0.39 is 0 Å². The molecule has 1 aromatic heterocycles. The molecular formula is C20H23N5O. The maximum absolute atomic E-state index is 9.17. The molecule has 0 bridgehead atoms. The van der Waals surface area contributed by atoms with Gasteiger partial charge in [-0.05, 0) is 43.5 Å². The third kappa shape index (κ3) is 3.35. The van der Waals surface area contributed by atoms with Gasteiger partial charge in [-0.2, -0.15) is 5.26 Å². The van der Waals surface area contributed by atoms with E-state index in [1.54, 1.807) is 0 Å². The monoisotopic (exact) mass is 349 g/mol. The van der Waals surface area contributed by atoms with Gasteiger partial charge in [0.15, 0.2) is 0 Å². The summed E-state index contributed by atoms with van der Waals surface area (Å²) < 4.78 is 6.29. The average Bonchev–Trinajstić information content (AvgIpc) is 2.69. The van der Waals surface area contributed by atoms with Crippen molar-refractivity contribution in [2.75, 3.05) is 42.6 Å². The van der Waals surface area contributed by atoms with Gasteiger partial charge in [0.1, 0.15) is 5.60 Å². The van der Waals surface area contributed by atoms with Gasteiger partial charge in [0.2, 0.25) is 5.95 Å². The molecule has 26 heavy (non-hydrogen) atoms. The van der Waals surface area contributed by atoms with Crippen molar-refractivity contribution in [3.8, 4) is 6.07 Å². The van der Waals surface area contributed by atoms with Crippen molar-refractivity contribution in [3.05, 3.63) is 47.8 Å². The van der Waals surface area contributed by atoms with E-state index in [0.717, 1.165) is 56.2 Å². The van der Waals surface area contributed by atoms with E-state index in [1.165, 1.54) is 0 Å². The van der Waals surface area contributed by atoms with Crippen LogP contribution in [0.1, 0.15) is 24.0 Å². The number of rotatable bonds is 2. The maximum atomic E-state index is 9.17. The molecule has 134 valence electrons. The molecule has 0 aliphatic carbocycles. The van der Waals surface area contributed by atoms with Crippen LogP contribution in [0.2, 0.25) is 0 Å². The van der Waals surface area contributed by atoms with Crippen LogP contribution in [0.4, 0.5) is 11.6 Å². The highest BCUT2D eigenvalue weighted by Crippen LogP contribution is 2.32. The molecule has 0 amide bonds. The summed E-state index contributed by atoms with van der Waals surface area (Å²) in [6.07, 6.45) is 5.83. The lowest BCUT2D eigenvalue weighted by atomic mass is 9.90. The van der Waals surface area contributed by atoms with Crippen LogP contribution in [0, 0.1) is 18.3 Å². The van der Waals surface area contributed by atoms with Gasteiger partial charge >= 0.3 is 0 Å². The van der Waals surface area contributed by atoms with Gasteiger partial charge < -0.3 is 14.5 Å². The van der Waals surface area contributed by atoms with Crippen LogP contribution < -0.4 is 9.80 Å². The second-order valence-corrected chi connectivity index (χ2v) is 7.20. The van der Waals surface area contributed by atoms with Crippen molar-refractivity contribution in [2.24, 2.45) is 0 Å². The van der Waals surface area contributed by atoms with Crippen LogP contribution in [0.5, 0.6) is 0 Å². The summed E-state index contributed by atoms with van der Waals surface area (Å²) in [6.45, 7) is 6.10. The summed E-state index contributed by atoms with van der Waals surface area (Å²) in [5.74, 6) is 0.780. The molecule has 2 aliphatic heterocycles. The van der Waals surface area contributed by atoms with Crippen LogP contribution >= 0.6 is 0 Å². The molecule has 4 rings (SSSR count). The number of nitriles is 1. The molecule has 2 aliphatic rings. The van der Waals surface area contributed by atoms with Crippen molar-refractivity contribution in [3.63, 3.8) is 0 Å². The van der Waals surface area contributed by atoms with Gasteiger partial charge in [0.05, 0.1) is 24.8 Å². The summed E-state index contributed by atoms with van der Waals surface area (Å²) in [5, 5.41) is 9.17. The topological polar surface area (TPSA) is 65.3 Å². The lowest BCUT2D eigenvalue weighted by molar-refractivity contribution is -0.0632. The molecule has 2 fully saturated rings. The Labute approximate surface area is 154 Å². The molecule has 6 heteroatoms. The fraction of sp³-hybridized carbons (Fsp3) is 0.450. The Kier molecular flexibility index (Phi) is 4.48. The quantitative estimate of drug-likeness (QED) is 0.830. The van der Waals surface area contributed by atoms with Gasteiger partial charge in [0, 0.05) is 37.7 Å². The van der Waals surface area contributed by atoms with Crippen molar-refractivity contribution in [1.29, 1.82) is 5.26 Å². The summed E-state index contributed by atoms with van der Waals surface area (Å²) in [4.78, 5) is 13.6. The van der Waals surface area contributed by atoms with E-state index in [4.69, 9.17) is 10.00 Å².